The van der Waals surface area contributed by atoms with Crippen LogP contribution in [-0.2, 0) is 0 Å². The third-order valence-electron chi connectivity index (χ3n) is 4.75. The number of aromatic nitrogens is 7. The summed E-state index contributed by atoms with van der Waals surface area (Å²) >= 11 is 1.65. The standard InChI is InChI=1S/C21H13N7S/c1-2-7-22-13(4-1)15-10-12-16(11-24-15)27-28-18(12)21-25-14-6-8-23-20(19(14)26-21)17-5-3-9-29-17/h1-11H,(H,25,26)(H,27,28). The average molecular weight is 395 g/mol. The summed E-state index contributed by atoms with van der Waals surface area (Å²) in [6, 6.07) is 13.8. The number of thiophene rings is 1. The van der Waals surface area contributed by atoms with Crippen molar-refractivity contribution in [3.8, 4) is 33.5 Å². The van der Waals surface area contributed by atoms with Crippen LogP contribution in [0, 0.1) is 0 Å². The molecule has 0 aliphatic rings. The van der Waals surface area contributed by atoms with E-state index in [1.165, 1.54) is 0 Å². The number of pyridine rings is 3. The molecule has 6 aromatic heterocycles. The minimum Gasteiger partial charge on any atom is -0.336 e. The van der Waals surface area contributed by atoms with Crippen LogP contribution in [0.5, 0.6) is 0 Å². The summed E-state index contributed by atoms with van der Waals surface area (Å²) in [4.78, 5) is 22.7. The van der Waals surface area contributed by atoms with Gasteiger partial charge in [0, 0.05) is 17.8 Å². The predicted octanol–water partition coefficient (Wildman–Crippen LogP) is 4.69. The monoisotopic (exact) mass is 395 g/mol. The molecular formula is C21H13N7S. The topological polar surface area (TPSA) is 96.0 Å². The van der Waals surface area contributed by atoms with Gasteiger partial charge in [0.2, 0.25) is 0 Å². The highest BCUT2D eigenvalue weighted by molar-refractivity contribution is 7.13. The molecule has 0 fully saturated rings. The van der Waals surface area contributed by atoms with Crippen LogP contribution < -0.4 is 0 Å². The van der Waals surface area contributed by atoms with Crippen molar-refractivity contribution < 1.29 is 0 Å². The van der Waals surface area contributed by atoms with Crippen molar-refractivity contribution in [2.24, 2.45) is 0 Å². The minimum atomic E-state index is 0.690. The Bertz CT molecular complexity index is 1450. The molecule has 6 rings (SSSR count). The third kappa shape index (κ3) is 2.61. The van der Waals surface area contributed by atoms with Gasteiger partial charge in [0.25, 0.3) is 0 Å². The van der Waals surface area contributed by atoms with E-state index in [1.807, 2.05) is 41.8 Å². The second kappa shape index (κ2) is 6.32. The fourth-order valence-corrected chi connectivity index (χ4v) is 4.11. The number of fused-ring (bicyclic) bond motifs is 2. The van der Waals surface area contributed by atoms with Gasteiger partial charge in [-0.3, -0.25) is 20.1 Å². The Balaban J connectivity index is 1.53. The number of imidazole rings is 1. The fraction of sp³-hybridized carbons (Fsp3) is 0. The molecule has 0 bridgehead atoms. The van der Waals surface area contributed by atoms with Crippen molar-refractivity contribution in [3.63, 3.8) is 0 Å². The Kier molecular flexibility index (Phi) is 3.50. The molecule has 0 saturated heterocycles. The molecule has 8 heteroatoms. The van der Waals surface area contributed by atoms with E-state index in [1.54, 1.807) is 29.9 Å². The van der Waals surface area contributed by atoms with Crippen LogP contribution in [-0.4, -0.2) is 35.1 Å². The summed E-state index contributed by atoms with van der Waals surface area (Å²) in [6.07, 6.45) is 5.33. The van der Waals surface area contributed by atoms with Crippen LogP contribution in [0.4, 0.5) is 0 Å². The first-order chi connectivity index (χ1) is 14.4. The molecule has 2 N–H and O–H groups in total. The highest BCUT2D eigenvalue weighted by Gasteiger charge is 2.17. The van der Waals surface area contributed by atoms with E-state index in [2.05, 4.69) is 36.2 Å². The molecule has 29 heavy (non-hydrogen) atoms. The average Bonchev–Trinajstić information content (AvgIpc) is 3.52. The van der Waals surface area contributed by atoms with Crippen molar-refractivity contribution in [1.29, 1.82) is 0 Å². The molecule has 0 amide bonds. The van der Waals surface area contributed by atoms with Gasteiger partial charge in [-0.2, -0.15) is 5.10 Å². The summed E-state index contributed by atoms with van der Waals surface area (Å²) < 4.78 is 0. The van der Waals surface area contributed by atoms with Crippen LogP contribution in [0.15, 0.2) is 66.4 Å². The van der Waals surface area contributed by atoms with Crippen molar-refractivity contribution in [3.05, 3.63) is 66.4 Å². The van der Waals surface area contributed by atoms with Gasteiger partial charge in [-0.05, 0) is 35.7 Å². The first-order valence-electron chi connectivity index (χ1n) is 9.01. The molecule has 0 atom stereocenters. The number of aromatic amines is 2. The zero-order valence-electron chi connectivity index (χ0n) is 15.0. The Morgan fingerprint density at radius 1 is 0.828 bits per heavy atom. The molecule has 0 unspecified atom stereocenters. The molecule has 7 nitrogen and oxygen atoms in total. The number of hydrogen-bond donors (Lipinski definition) is 2. The van der Waals surface area contributed by atoms with E-state index in [4.69, 9.17) is 4.98 Å². The molecule has 0 radical (unpaired) electrons. The lowest BCUT2D eigenvalue weighted by molar-refractivity contribution is 1.10. The van der Waals surface area contributed by atoms with Crippen LogP contribution in [0.25, 0.3) is 55.4 Å². The summed E-state index contributed by atoms with van der Waals surface area (Å²) in [5, 5.41) is 10.5. The Labute approximate surface area is 168 Å². The first-order valence-corrected chi connectivity index (χ1v) is 9.89. The van der Waals surface area contributed by atoms with E-state index >= 15 is 0 Å². The SMILES string of the molecule is c1ccc(-c2cc3c(-c4nc5c(-c6cccs6)nccc5[nH]4)n[nH]c3cn2)nc1. The lowest BCUT2D eigenvalue weighted by atomic mass is 10.1. The minimum absolute atomic E-state index is 0.690. The summed E-state index contributed by atoms with van der Waals surface area (Å²) in [7, 11) is 0. The Morgan fingerprint density at radius 2 is 1.83 bits per heavy atom. The maximum absolute atomic E-state index is 4.83. The van der Waals surface area contributed by atoms with Gasteiger partial charge in [-0.25, -0.2) is 4.98 Å². The van der Waals surface area contributed by atoms with Gasteiger partial charge in [-0.15, -0.1) is 11.3 Å². The molecule has 0 saturated carbocycles. The van der Waals surface area contributed by atoms with Gasteiger partial charge in [0.15, 0.2) is 5.82 Å². The van der Waals surface area contributed by atoms with Gasteiger partial charge < -0.3 is 4.98 Å². The summed E-state index contributed by atoms with van der Waals surface area (Å²) in [5.41, 5.74) is 5.82. The lowest BCUT2D eigenvalue weighted by Crippen LogP contribution is -1.87. The van der Waals surface area contributed by atoms with E-state index < -0.39 is 0 Å². The number of hydrogen-bond acceptors (Lipinski definition) is 6. The first kappa shape index (κ1) is 16.1. The highest BCUT2D eigenvalue weighted by atomic mass is 32.1. The van der Waals surface area contributed by atoms with Crippen molar-refractivity contribution in [2.45, 2.75) is 0 Å². The third-order valence-corrected chi connectivity index (χ3v) is 5.63. The second-order valence-electron chi connectivity index (χ2n) is 6.52. The zero-order chi connectivity index (χ0) is 19.2. The van der Waals surface area contributed by atoms with E-state index in [0.29, 0.717) is 5.82 Å². The quantitative estimate of drug-likeness (QED) is 0.453. The molecule has 6 heterocycles. The van der Waals surface area contributed by atoms with Crippen molar-refractivity contribution in [1.82, 2.24) is 35.1 Å². The smallest absolute Gasteiger partial charge is 0.159 e. The predicted molar refractivity (Wildman–Crippen MR) is 113 cm³/mol. The van der Waals surface area contributed by atoms with Crippen LogP contribution in [0.3, 0.4) is 0 Å². The zero-order valence-corrected chi connectivity index (χ0v) is 15.8. The largest absolute Gasteiger partial charge is 0.336 e. The molecule has 0 aromatic carbocycles. The van der Waals surface area contributed by atoms with Gasteiger partial charge >= 0.3 is 0 Å². The number of rotatable bonds is 3. The van der Waals surface area contributed by atoms with E-state index in [9.17, 15) is 0 Å². The Hall–Kier alpha value is -3.91. The number of nitrogens with one attached hydrogen (secondary N) is 2. The van der Waals surface area contributed by atoms with Crippen LogP contribution >= 0.6 is 11.3 Å². The fourth-order valence-electron chi connectivity index (χ4n) is 3.39. The normalized spacial score (nSPS) is 11.4. The summed E-state index contributed by atoms with van der Waals surface area (Å²) in [6.45, 7) is 0. The summed E-state index contributed by atoms with van der Waals surface area (Å²) in [5.74, 6) is 0.690. The van der Waals surface area contributed by atoms with Crippen LogP contribution in [0.2, 0.25) is 0 Å². The van der Waals surface area contributed by atoms with Crippen molar-refractivity contribution in [2.75, 3.05) is 0 Å². The van der Waals surface area contributed by atoms with Gasteiger partial charge in [0.05, 0.1) is 33.5 Å². The van der Waals surface area contributed by atoms with Gasteiger partial charge in [0.1, 0.15) is 16.9 Å². The van der Waals surface area contributed by atoms with E-state index in [-0.39, 0.29) is 0 Å². The molecule has 138 valence electrons. The molecule has 0 spiro atoms. The lowest BCUT2D eigenvalue weighted by Gasteiger charge is -2.00. The van der Waals surface area contributed by atoms with Crippen LogP contribution in [0.1, 0.15) is 0 Å². The van der Waals surface area contributed by atoms with E-state index in [0.717, 1.165) is 49.6 Å². The molecule has 0 aliphatic heterocycles. The Morgan fingerprint density at radius 3 is 2.69 bits per heavy atom. The number of H-pyrrole nitrogens is 2. The number of nitrogens with zero attached hydrogens (tertiary/aromatic N) is 5. The second-order valence-corrected chi connectivity index (χ2v) is 7.47. The maximum Gasteiger partial charge on any atom is 0.159 e. The highest BCUT2D eigenvalue weighted by Crippen LogP contribution is 2.32. The molecule has 0 aliphatic carbocycles. The van der Waals surface area contributed by atoms with Gasteiger partial charge in [-0.1, -0.05) is 12.1 Å². The van der Waals surface area contributed by atoms with Crippen molar-refractivity contribution >= 4 is 33.3 Å². The molecular weight excluding hydrogens is 382 g/mol. The molecule has 6 aromatic rings. The maximum atomic E-state index is 4.83.